The summed E-state index contributed by atoms with van der Waals surface area (Å²) in [5.74, 6) is -0.579. The first-order valence-corrected chi connectivity index (χ1v) is 4.88. The third-order valence-electron chi connectivity index (χ3n) is 2.22. The number of hydrogen-bond donors (Lipinski definition) is 0. The minimum absolute atomic E-state index is 0.140. The van der Waals surface area contributed by atoms with E-state index in [4.69, 9.17) is 10.5 Å². The van der Waals surface area contributed by atoms with E-state index < -0.39 is 5.82 Å². The number of nitriles is 2. The quantitative estimate of drug-likeness (QED) is 0.780. The molecule has 0 aliphatic heterocycles. The van der Waals surface area contributed by atoms with Crippen molar-refractivity contribution in [3.63, 3.8) is 0 Å². The molecular weight excluding hydrogens is 205 g/mol. The fourth-order valence-corrected chi connectivity index (χ4v) is 1.42. The van der Waals surface area contributed by atoms with Gasteiger partial charge >= 0.3 is 0 Å². The molecule has 1 atom stereocenters. The molecule has 3 nitrogen and oxygen atoms in total. The second-order valence-electron chi connectivity index (χ2n) is 3.72. The lowest BCUT2D eigenvalue weighted by molar-refractivity contribution is 0.625. The van der Waals surface area contributed by atoms with Crippen molar-refractivity contribution in [2.45, 2.75) is 6.92 Å². The van der Waals surface area contributed by atoms with E-state index in [-0.39, 0.29) is 11.5 Å². The maximum Gasteiger partial charge on any atom is 0.126 e. The highest BCUT2D eigenvalue weighted by atomic mass is 19.1. The van der Waals surface area contributed by atoms with E-state index in [0.29, 0.717) is 12.2 Å². The highest BCUT2D eigenvalue weighted by molar-refractivity contribution is 5.51. The lowest BCUT2D eigenvalue weighted by Gasteiger charge is -2.20. The van der Waals surface area contributed by atoms with Gasteiger partial charge in [-0.1, -0.05) is 0 Å². The van der Waals surface area contributed by atoms with Crippen LogP contribution in [-0.2, 0) is 0 Å². The molecule has 1 unspecified atom stereocenters. The minimum atomic E-state index is -0.439. The SMILES string of the molecule is CC(C#N)CN(C)c1cc(F)cc(C#N)c1. The molecule has 1 rings (SSSR count). The van der Waals surface area contributed by atoms with Crippen molar-refractivity contribution in [2.75, 3.05) is 18.5 Å². The summed E-state index contributed by atoms with van der Waals surface area (Å²) in [7, 11) is 1.77. The minimum Gasteiger partial charge on any atom is -0.373 e. The van der Waals surface area contributed by atoms with Crippen molar-refractivity contribution in [1.29, 1.82) is 10.5 Å². The van der Waals surface area contributed by atoms with Gasteiger partial charge < -0.3 is 4.90 Å². The van der Waals surface area contributed by atoms with E-state index in [0.717, 1.165) is 0 Å². The first-order chi connectivity index (χ1) is 7.56. The standard InChI is InChI=1S/C12H12FN3/c1-9(6-14)8-16(2)12-4-10(7-15)3-11(13)5-12/h3-5,9H,8H2,1-2H3. The van der Waals surface area contributed by atoms with E-state index in [2.05, 4.69) is 6.07 Å². The molecule has 82 valence electrons. The van der Waals surface area contributed by atoms with Crippen molar-refractivity contribution >= 4 is 5.69 Å². The van der Waals surface area contributed by atoms with Gasteiger partial charge in [0.2, 0.25) is 0 Å². The molecule has 0 aliphatic rings. The molecule has 16 heavy (non-hydrogen) atoms. The molecule has 0 saturated carbocycles. The predicted octanol–water partition coefficient (Wildman–Crippen LogP) is 2.29. The Kier molecular flexibility index (Phi) is 3.85. The summed E-state index contributed by atoms with van der Waals surface area (Å²) in [5.41, 5.74) is 0.894. The number of benzene rings is 1. The molecule has 0 aliphatic carbocycles. The van der Waals surface area contributed by atoms with Crippen LogP contribution in [-0.4, -0.2) is 13.6 Å². The summed E-state index contributed by atoms with van der Waals surface area (Å²) < 4.78 is 13.2. The Hall–Kier alpha value is -2.07. The Bertz CT molecular complexity index is 456. The molecule has 0 heterocycles. The number of anilines is 1. The molecule has 4 heteroatoms. The monoisotopic (exact) mass is 217 g/mol. The third-order valence-corrected chi connectivity index (χ3v) is 2.22. The van der Waals surface area contributed by atoms with Gasteiger partial charge in [0.1, 0.15) is 5.82 Å². The van der Waals surface area contributed by atoms with Gasteiger partial charge in [-0.3, -0.25) is 0 Å². The van der Waals surface area contributed by atoms with Gasteiger partial charge in [-0.05, 0) is 25.1 Å². The molecule has 0 spiro atoms. The maximum absolute atomic E-state index is 13.2. The predicted molar refractivity (Wildman–Crippen MR) is 59.2 cm³/mol. The second-order valence-corrected chi connectivity index (χ2v) is 3.72. The van der Waals surface area contributed by atoms with Gasteiger partial charge in [-0.2, -0.15) is 10.5 Å². The molecule has 0 saturated heterocycles. The van der Waals surface area contributed by atoms with Crippen molar-refractivity contribution in [1.82, 2.24) is 0 Å². The summed E-state index contributed by atoms with van der Waals surface area (Å²) in [5, 5.41) is 17.4. The van der Waals surface area contributed by atoms with Gasteiger partial charge in [-0.15, -0.1) is 0 Å². The smallest absolute Gasteiger partial charge is 0.126 e. The molecule has 0 bridgehead atoms. The Morgan fingerprint density at radius 1 is 1.38 bits per heavy atom. The molecule has 0 fully saturated rings. The van der Waals surface area contributed by atoms with Crippen LogP contribution in [0, 0.1) is 34.4 Å². The van der Waals surface area contributed by atoms with Crippen molar-refractivity contribution in [2.24, 2.45) is 5.92 Å². The lowest BCUT2D eigenvalue weighted by atomic mass is 10.1. The van der Waals surface area contributed by atoms with Gasteiger partial charge in [0.05, 0.1) is 23.6 Å². The fraction of sp³-hybridized carbons (Fsp3) is 0.333. The van der Waals surface area contributed by atoms with Crippen molar-refractivity contribution < 1.29 is 4.39 Å². The van der Waals surface area contributed by atoms with Crippen LogP contribution in [0.2, 0.25) is 0 Å². The Balaban J connectivity index is 2.92. The molecule has 0 N–H and O–H groups in total. The van der Waals surface area contributed by atoms with Gasteiger partial charge in [0.25, 0.3) is 0 Å². The topological polar surface area (TPSA) is 50.8 Å². The summed E-state index contributed by atoms with van der Waals surface area (Å²) in [6, 6.07) is 8.15. The zero-order valence-corrected chi connectivity index (χ0v) is 9.24. The maximum atomic E-state index is 13.2. The Morgan fingerprint density at radius 2 is 2.06 bits per heavy atom. The molecule has 1 aromatic rings. The highest BCUT2D eigenvalue weighted by Crippen LogP contribution is 2.18. The molecule has 0 aromatic heterocycles. The first kappa shape index (κ1) is 12.0. The van der Waals surface area contributed by atoms with Gasteiger partial charge in [-0.25, -0.2) is 4.39 Å². The Labute approximate surface area is 94.3 Å². The van der Waals surface area contributed by atoms with Gasteiger partial charge in [0.15, 0.2) is 0 Å². The Morgan fingerprint density at radius 3 is 2.62 bits per heavy atom. The number of hydrogen-bond acceptors (Lipinski definition) is 3. The first-order valence-electron chi connectivity index (χ1n) is 4.88. The van der Waals surface area contributed by atoms with E-state index in [1.165, 1.54) is 12.1 Å². The summed E-state index contributed by atoms with van der Waals surface area (Å²) in [6.45, 7) is 2.30. The average molecular weight is 217 g/mol. The average Bonchev–Trinajstić information content (AvgIpc) is 2.27. The van der Waals surface area contributed by atoms with Gasteiger partial charge in [0, 0.05) is 19.3 Å². The van der Waals surface area contributed by atoms with Crippen LogP contribution < -0.4 is 4.90 Å². The summed E-state index contributed by atoms with van der Waals surface area (Å²) in [4.78, 5) is 1.76. The van der Waals surface area contributed by atoms with E-state index in [1.54, 1.807) is 24.9 Å². The van der Waals surface area contributed by atoms with Crippen LogP contribution in [0.25, 0.3) is 0 Å². The lowest BCUT2D eigenvalue weighted by Crippen LogP contribution is -2.23. The largest absolute Gasteiger partial charge is 0.373 e. The van der Waals surface area contributed by atoms with Crippen LogP contribution >= 0.6 is 0 Å². The highest BCUT2D eigenvalue weighted by Gasteiger charge is 2.08. The van der Waals surface area contributed by atoms with Crippen molar-refractivity contribution in [3.8, 4) is 12.1 Å². The van der Waals surface area contributed by atoms with Crippen molar-refractivity contribution in [3.05, 3.63) is 29.6 Å². The zero-order chi connectivity index (χ0) is 12.1. The summed E-state index contributed by atoms with van der Waals surface area (Å²) in [6.07, 6.45) is 0. The normalized spacial score (nSPS) is 11.3. The van der Waals surface area contributed by atoms with E-state index in [9.17, 15) is 4.39 Å². The van der Waals surface area contributed by atoms with Crippen LogP contribution in [0.3, 0.4) is 0 Å². The molecule has 1 aromatic carbocycles. The zero-order valence-electron chi connectivity index (χ0n) is 9.24. The van der Waals surface area contributed by atoms with Crippen LogP contribution in [0.1, 0.15) is 12.5 Å². The van der Waals surface area contributed by atoms with Crippen LogP contribution in [0.4, 0.5) is 10.1 Å². The number of rotatable bonds is 3. The number of halogens is 1. The molecule has 0 radical (unpaired) electrons. The van der Waals surface area contributed by atoms with Crippen LogP contribution in [0.5, 0.6) is 0 Å². The molecule has 0 amide bonds. The number of nitrogens with zero attached hydrogens (tertiary/aromatic N) is 3. The molecular formula is C12H12FN3. The fourth-order valence-electron chi connectivity index (χ4n) is 1.42. The van der Waals surface area contributed by atoms with E-state index in [1.807, 2.05) is 6.07 Å². The second kappa shape index (κ2) is 5.14. The van der Waals surface area contributed by atoms with E-state index >= 15 is 0 Å². The van der Waals surface area contributed by atoms with Crippen LogP contribution in [0.15, 0.2) is 18.2 Å². The summed E-state index contributed by atoms with van der Waals surface area (Å²) >= 11 is 0. The third kappa shape index (κ3) is 2.96.